The molecule has 0 aromatic heterocycles. The predicted octanol–water partition coefficient (Wildman–Crippen LogP) is 1.22. The van der Waals surface area contributed by atoms with E-state index >= 15 is 0 Å². The number of carbonyl (C=O) groups excluding carboxylic acids is 1. The maximum atomic E-state index is 13.0. The first-order chi connectivity index (χ1) is 11.9. The first-order valence-corrected chi connectivity index (χ1v) is 9.90. The van der Waals surface area contributed by atoms with Crippen LogP contribution in [0, 0.1) is 11.3 Å². The number of halogens is 1. The van der Waals surface area contributed by atoms with E-state index in [9.17, 15) is 13.2 Å². The maximum Gasteiger partial charge on any atom is 0.243 e. The number of amides is 1. The Balaban J connectivity index is 2.21. The van der Waals surface area contributed by atoms with Crippen LogP contribution < -0.4 is 11.1 Å². The van der Waals surface area contributed by atoms with Crippen molar-refractivity contribution in [2.75, 3.05) is 19.6 Å². The Kier molecular flexibility index (Phi) is 6.79. The summed E-state index contributed by atoms with van der Waals surface area (Å²) in [5.74, 6) is -0.188. The Morgan fingerprint density at radius 1 is 1.44 bits per heavy atom. The molecule has 2 rings (SSSR count). The van der Waals surface area contributed by atoms with Crippen molar-refractivity contribution in [3.63, 3.8) is 0 Å². The smallest absolute Gasteiger partial charge is 0.243 e. The van der Waals surface area contributed by atoms with Gasteiger partial charge in [-0.25, -0.2) is 8.42 Å². The molecule has 0 aliphatic carbocycles. The largest absolute Gasteiger partial charge is 0.354 e. The minimum Gasteiger partial charge on any atom is -0.354 e. The van der Waals surface area contributed by atoms with Gasteiger partial charge in [-0.15, -0.1) is 0 Å². The topological polar surface area (TPSA) is 116 Å². The number of carbonyl (C=O) groups is 1. The number of nitrogens with zero attached hydrogens (tertiary/aromatic N) is 2. The lowest BCUT2D eigenvalue weighted by molar-refractivity contribution is -0.121. The minimum absolute atomic E-state index is 0.0525. The number of nitriles is 1. The summed E-state index contributed by atoms with van der Waals surface area (Å²) < 4.78 is 27.4. The fraction of sp³-hybridized carbons (Fsp3) is 0.500. The summed E-state index contributed by atoms with van der Waals surface area (Å²) in [5.41, 5.74) is 5.57. The molecule has 25 heavy (non-hydrogen) atoms. The quantitative estimate of drug-likeness (QED) is 0.764. The summed E-state index contributed by atoms with van der Waals surface area (Å²) in [4.78, 5) is 11.7. The van der Waals surface area contributed by atoms with Crippen LogP contribution in [0.4, 0.5) is 0 Å². The van der Waals surface area contributed by atoms with Crippen LogP contribution in [0.1, 0.15) is 31.2 Å². The summed E-state index contributed by atoms with van der Waals surface area (Å²) in [6, 6.07) is 5.69. The average molecular weight is 385 g/mol. The summed E-state index contributed by atoms with van der Waals surface area (Å²) >= 11 is 5.97. The summed E-state index contributed by atoms with van der Waals surface area (Å²) in [7, 11) is -3.76. The Morgan fingerprint density at radius 2 is 2.20 bits per heavy atom. The second-order valence-corrected chi connectivity index (χ2v) is 8.16. The molecule has 1 aromatic rings. The molecule has 136 valence electrons. The molecule has 1 atom stereocenters. The molecule has 0 radical (unpaired) electrons. The number of hydrogen-bond acceptors (Lipinski definition) is 5. The van der Waals surface area contributed by atoms with Crippen molar-refractivity contribution in [2.45, 2.75) is 36.6 Å². The predicted molar refractivity (Wildman–Crippen MR) is 94.4 cm³/mol. The first-order valence-electron chi connectivity index (χ1n) is 8.08. The van der Waals surface area contributed by atoms with E-state index < -0.39 is 10.0 Å². The zero-order chi connectivity index (χ0) is 18.4. The van der Waals surface area contributed by atoms with E-state index in [2.05, 4.69) is 5.32 Å². The van der Waals surface area contributed by atoms with Crippen molar-refractivity contribution in [1.29, 1.82) is 5.26 Å². The van der Waals surface area contributed by atoms with Gasteiger partial charge < -0.3 is 11.1 Å². The third-order valence-electron chi connectivity index (χ3n) is 4.15. The molecular formula is C16H21ClN4O3S. The fourth-order valence-electron chi connectivity index (χ4n) is 2.83. The normalized spacial score (nSPS) is 18.5. The maximum absolute atomic E-state index is 13.0. The highest BCUT2D eigenvalue weighted by Gasteiger charge is 2.33. The lowest BCUT2D eigenvalue weighted by Gasteiger charge is -2.34. The number of hydrogen-bond donors (Lipinski definition) is 2. The number of benzene rings is 1. The Bertz CT molecular complexity index is 776. The second kappa shape index (κ2) is 8.63. The van der Waals surface area contributed by atoms with Crippen LogP contribution in [0.15, 0.2) is 23.1 Å². The Hall–Kier alpha value is -1.66. The number of sulfonamides is 1. The van der Waals surface area contributed by atoms with Crippen LogP contribution >= 0.6 is 11.6 Å². The van der Waals surface area contributed by atoms with E-state index in [0.717, 1.165) is 12.8 Å². The second-order valence-electron chi connectivity index (χ2n) is 5.86. The molecule has 1 aliphatic heterocycles. The van der Waals surface area contributed by atoms with Gasteiger partial charge in [0.15, 0.2) is 0 Å². The van der Waals surface area contributed by atoms with E-state index in [1.807, 2.05) is 6.07 Å². The SMILES string of the molecule is N#Cc1ccc(S(=O)(=O)N2CCCCC2CNC(=O)CCN)cc1Cl. The number of nitrogens with two attached hydrogens (primary N) is 1. The molecule has 0 bridgehead atoms. The highest BCUT2D eigenvalue weighted by atomic mass is 35.5. The molecule has 1 aromatic carbocycles. The highest BCUT2D eigenvalue weighted by molar-refractivity contribution is 7.89. The number of rotatable bonds is 6. The average Bonchev–Trinajstić information content (AvgIpc) is 2.60. The molecular weight excluding hydrogens is 364 g/mol. The third-order valence-corrected chi connectivity index (χ3v) is 6.41. The Labute approximate surface area is 152 Å². The van der Waals surface area contributed by atoms with Gasteiger partial charge in [-0.05, 0) is 31.0 Å². The summed E-state index contributed by atoms with van der Waals surface area (Å²) in [5, 5.41) is 11.8. The first kappa shape index (κ1) is 19.7. The molecule has 1 unspecified atom stereocenters. The fourth-order valence-corrected chi connectivity index (χ4v) is 4.83. The van der Waals surface area contributed by atoms with Crippen molar-refractivity contribution in [1.82, 2.24) is 9.62 Å². The molecule has 0 saturated carbocycles. The lowest BCUT2D eigenvalue weighted by Crippen LogP contribution is -2.49. The third kappa shape index (κ3) is 4.70. The molecule has 7 nitrogen and oxygen atoms in total. The number of piperidine rings is 1. The van der Waals surface area contributed by atoms with Crippen molar-refractivity contribution >= 4 is 27.5 Å². The van der Waals surface area contributed by atoms with Crippen LogP contribution in [-0.2, 0) is 14.8 Å². The zero-order valence-electron chi connectivity index (χ0n) is 13.7. The van der Waals surface area contributed by atoms with E-state index in [1.165, 1.54) is 22.5 Å². The van der Waals surface area contributed by atoms with Gasteiger partial charge in [0.05, 0.1) is 15.5 Å². The molecule has 1 saturated heterocycles. The van der Waals surface area contributed by atoms with Crippen molar-refractivity contribution < 1.29 is 13.2 Å². The van der Waals surface area contributed by atoms with Crippen LogP contribution in [0.25, 0.3) is 0 Å². The van der Waals surface area contributed by atoms with Crippen LogP contribution in [0.5, 0.6) is 0 Å². The van der Waals surface area contributed by atoms with Crippen molar-refractivity contribution in [3.8, 4) is 6.07 Å². The lowest BCUT2D eigenvalue weighted by atomic mass is 10.1. The van der Waals surface area contributed by atoms with Crippen LogP contribution in [0.3, 0.4) is 0 Å². The molecule has 1 aliphatic rings. The molecule has 9 heteroatoms. The van der Waals surface area contributed by atoms with Crippen LogP contribution in [0.2, 0.25) is 5.02 Å². The molecule has 1 amide bonds. The highest BCUT2D eigenvalue weighted by Crippen LogP contribution is 2.27. The molecule has 1 fully saturated rings. The standard InChI is InChI=1S/C16H21ClN4O3S/c17-15-9-14(5-4-12(15)10-19)25(23,24)21-8-2-1-3-13(21)11-20-16(22)6-7-18/h4-5,9,13H,1-3,6-8,11,18H2,(H,20,22). The van der Waals surface area contributed by atoms with Gasteiger partial charge in [-0.1, -0.05) is 18.0 Å². The van der Waals surface area contributed by atoms with E-state index in [1.54, 1.807) is 0 Å². The van der Waals surface area contributed by atoms with Gasteiger partial charge in [0, 0.05) is 32.1 Å². The minimum atomic E-state index is -3.76. The van der Waals surface area contributed by atoms with E-state index in [0.29, 0.717) is 13.0 Å². The van der Waals surface area contributed by atoms with Crippen molar-refractivity contribution in [3.05, 3.63) is 28.8 Å². The van der Waals surface area contributed by atoms with Gasteiger partial charge in [-0.3, -0.25) is 4.79 Å². The molecule has 0 spiro atoms. The molecule has 1 heterocycles. The van der Waals surface area contributed by atoms with Crippen LogP contribution in [-0.4, -0.2) is 44.3 Å². The van der Waals surface area contributed by atoms with Crippen molar-refractivity contribution in [2.24, 2.45) is 5.73 Å². The Morgan fingerprint density at radius 3 is 2.84 bits per heavy atom. The van der Waals surface area contributed by atoms with Gasteiger partial charge in [0.2, 0.25) is 15.9 Å². The van der Waals surface area contributed by atoms with Gasteiger partial charge in [-0.2, -0.15) is 9.57 Å². The zero-order valence-corrected chi connectivity index (χ0v) is 15.3. The van der Waals surface area contributed by atoms with Gasteiger partial charge in [0.25, 0.3) is 0 Å². The van der Waals surface area contributed by atoms with Gasteiger partial charge >= 0.3 is 0 Å². The summed E-state index contributed by atoms with van der Waals surface area (Å²) in [6.07, 6.45) is 2.55. The van der Waals surface area contributed by atoms with E-state index in [-0.39, 0.29) is 46.9 Å². The monoisotopic (exact) mass is 384 g/mol. The summed E-state index contributed by atoms with van der Waals surface area (Å²) in [6.45, 7) is 0.891. The number of nitrogens with one attached hydrogen (secondary N) is 1. The molecule has 3 N–H and O–H groups in total. The van der Waals surface area contributed by atoms with Gasteiger partial charge in [0.1, 0.15) is 6.07 Å². The van der Waals surface area contributed by atoms with E-state index in [4.69, 9.17) is 22.6 Å².